The number of piperidine rings is 1. The number of ether oxygens (including phenoxy) is 3. The van der Waals surface area contributed by atoms with E-state index in [1.165, 1.54) is 0 Å². The Labute approximate surface area is 177 Å². The largest absolute Gasteiger partial charge is 0.493 e. The van der Waals surface area contributed by atoms with Gasteiger partial charge in [-0.2, -0.15) is 5.10 Å². The van der Waals surface area contributed by atoms with E-state index in [2.05, 4.69) is 22.7 Å². The van der Waals surface area contributed by atoms with E-state index in [1.54, 1.807) is 38.3 Å². The molecule has 9 heteroatoms. The van der Waals surface area contributed by atoms with Crippen molar-refractivity contribution in [2.24, 2.45) is 5.92 Å². The molecule has 1 fully saturated rings. The SMILES string of the molecule is COc1ccc(Cn2nccc2NC(=O)[C@H]2CCN[C@@H](C)C2)c(OC)c1OC.Cl. The average molecular weight is 425 g/mol. The Hall–Kier alpha value is -2.45. The fourth-order valence-corrected chi connectivity index (χ4v) is 3.61. The maximum atomic E-state index is 12.7. The van der Waals surface area contributed by atoms with Gasteiger partial charge >= 0.3 is 0 Å². The van der Waals surface area contributed by atoms with E-state index in [0.717, 1.165) is 24.9 Å². The smallest absolute Gasteiger partial charge is 0.228 e. The fraction of sp³-hybridized carbons (Fsp3) is 0.500. The zero-order valence-electron chi connectivity index (χ0n) is 17.2. The van der Waals surface area contributed by atoms with E-state index in [-0.39, 0.29) is 24.2 Å². The highest BCUT2D eigenvalue weighted by Gasteiger charge is 2.25. The molecule has 2 heterocycles. The molecule has 3 rings (SSSR count). The van der Waals surface area contributed by atoms with Crippen LogP contribution < -0.4 is 24.8 Å². The van der Waals surface area contributed by atoms with Crippen molar-refractivity contribution in [1.29, 1.82) is 0 Å². The topological polar surface area (TPSA) is 86.6 Å². The monoisotopic (exact) mass is 424 g/mol. The van der Waals surface area contributed by atoms with Gasteiger partial charge in [0.1, 0.15) is 5.82 Å². The summed E-state index contributed by atoms with van der Waals surface area (Å²) in [7, 11) is 4.74. The summed E-state index contributed by atoms with van der Waals surface area (Å²) in [6.07, 6.45) is 3.35. The van der Waals surface area contributed by atoms with Gasteiger partial charge in [0.15, 0.2) is 11.5 Å². The fourth-order valence-electron chi connectivity index (χ4n) is 3.61. The molecule has 0 spiro atoms. The molecule has 1 aliphatic rings. The molecule has 0 unspecified atom stereocenters. The molecule has 0 saturated carbocycles. The molecule has 29 heavy (non-hydrogen) atoms. The summed E-state index contributed by atoms with van der Waals surface area (Å²) in [5.74, 6) is 2.42. The van der Waals surface area contributed by atoms with Gasteiger partial charge in [-0.15, -0.1) is 12.4 Å². The number of benzene rings is 1. The number of nitrogens with one attached hydrogen (secondary N) is 2. The predicted octanol–water partition coefficient (Wildman–Crippen LogP) is 2.71. The number of nitrogens with zero attached hydrogens (tertiary/aromatic N) is 2. The van der Waals surface area contributed by atoms with Gasteiger partial charge in [0.2, 0.25) is 11.7 Å². The highest BCUT2D eigenvalue weighted by Crippen LogP contribution is 2.40. The Bertz CT molecular complexity index is 827. The summed E-state index contributed by atoms with van der Waals surface area (Å²) in [4.78, 5) is 12.7. The van der Waals surface area contributed by atoms with Crippen molar-refractivity contribution in [2.75, 3.05) is 33.2 Å². The van der Waals surface area contributed by atoms with Crippen molar-refractivity contribution in [3.05, 3.63) is 30.0 Å². The Balaban J connectivity index is 0.00000300. The number of methoxy groups -OCH3 is 3. The third-order valence-corrected chi connectivity index (χ3v) is 5.07. The van der Waals surface area contributed by atoms with Crippen molar-refractivity contribution in [3.8, 4) is 17.2 Å². The van der Waals surface area contributed by atoms with Crippen molar-refractivity contribution in [2.45, 2.75) is 32.4 Å². The van der Waals surface area contributed by atoms with Gasteiger partial charge in [-0.25, -0.2) is 4.68 Å². The quantitative estimate of drug-likeness (QED) is 0.710. The van der Waals surface area contributed by atoms with E-state index < -0.39 is 0 Å². The molecule has 1 aliphatic heterocycles. The second kappa shape index (κ2) is 10.4. The number of hydrogen-bond acceptors (Lipinski definition) is 6. The molecule has 2 aromatic rings. The lowest BCUT2D eigenvalue weighted by atomic mass is 9.92. The molecule has 1 amide bonds. The number of aromatic nitrogens is 2. The van der Waals surface area contributed by atoms with Gasteiger partial charge in [0, 0.05) is 23.6 Å². The van der Waals surface area contributed by atoms with Crippen LogP contribution in [0.1, 0.15) is 25.3 Å². The Morgan fingerprint density at radius 3 is 2.62 bits per heavy atom. The van der Waals surface area contributed by atoms with Crippen LogP contribution in [0.15, 0.2) is 24.4 Å². The Morgan fingerprint density at radius 2 is 1.97 bits per heavy atom. The van der Waals surface area contributed by atoms with Crippen LogP contribution in [0.2, 0.25) is 0 Å². The average Bonchev–Trinajstić information content (AvgIpc) is 3.13. The summed E-state index contributed by atoms with van der Waals surface area (Å²) in [6, 6.07) is 5.89. The van der Waals surface area contributed by atoms with Crippen LogP contribution in [-0.4, -0.2) is 49.6 Å². The first-order valence-corrected chi connectivity index (χ1v) is 9.41. The van der Waals surface area contributed by atoms with E-state index in [9.17, 15) is 4.79 Å². The van der Waals surface area contributed by atoms with Crippen LogP contribution in [0.4, 0.5) is 5.82 Å². The van der Waals surface area contributed by atoms with Crippen LogP contribution >= 0.6 is 12.4 Å². The zero-order chi connectivity index (χ0) is 20.1. The van der Waals surface area contributed by atoms with Gasteiger partial charge in [-0.3, -0.25) is 4.79 Å². The van der Waals surface area contributed by atoms with Gasteiger partial charge in [-0.1, -0.05) is 0 Å². The number of carbonyl (C=O) groups excluding carboxylic acids is 1. The van der Waals surface area contributed by atoms with E-state index in [4.69, 9.17) is 14.2 Å². The molecule has 0 bridgehead atoms. The standard InChI is InChI=1S/C20H28N4O4.ClH/c1-13-11-14(7-9-21-13)20(25)23-17-8-10-22-24(17)12-15-5-6-16(26-2)19(28-4)18(15)27-3;/h5-6,8,10,13-14,21H,7,9,11-12H2,1-4H3,(H,23,25);1H/t13-,14-;/m0./s1. The molecule has 2 atom stereocenters. The van der Waals surface area contributed by atoms with Crippen LogP contribution in [0.3, 0.4) is 0 Å². The molecule has 0 radical (unpaired) electrons. The Morgan fingerprint density at radius 1 is 1.21 bits per heavy atom. The second-order valence-corrected chi connectivity index (χ2v) is 6.93. The van der Waals surface area contributed by atoms with E-state index in [0.29, 0.717) is 35.7 Å². The number of halogens is 1. The lowest BCUT2D eigenvalue weighted by Gasteiger charge is -2.27. The Kier molecular flexibility index (Phi) is 8.16. The maximum absolute atomic E-state index is 12.7. The minimum absolute atomic E-state index is 0. The molecule has 8 nitrogen and oxygen atoms in total. The normalized spacial score (nSPS) is 18.5. The van der Waals surface area contributed by atoms with Crippen LogP contribution in [-0.2, 0) is 11.3 Å². The first kappa shape index (κ1) is 22.8. The number of carbonyl (C=O) groups is 1. The third kappa shape index (κ3) is 5.13. The summed E-state index contributed by atoms with van der Waals surface area (Å²) in [5, 5.41) is 10.8. The van der Waals surface area contributed by atoms with E-state index >= 15 is 0 Å². The highest BCUT2D eigenvalue weighted by molar-refractivity contribution is 5.91. The molecule has 1 aromatic carbocycles. The lowest BCUT2D eigenvalue weighted by molar-refractivity contribution is -0.120. The van der Waals surface area contributed by atoms with E-state index in [1.807, 2.05) is 12.1 Å². The molecular weight excluding hydrogens is 396 g/mol. The molecule has 0 aliphatic carbocycles. The third-order valence-electron chi connectivity index (χ3n) is 5.07. The number of rotatable bonds is 7. The maximum Gasteiger partial charge on any atom is 0.228 e. The first-order valence-electron chi connectivity index (χ1n) is 9.41. The second-order valence-electron chi connectivity index (χ2n) is 6.93. The summed E-state index contributed by atoms with van der Waals surface area (Å²) in [6.45, 7) is 3.39. The van der Waals surface area contributed by atoms with Crippen molar-refractivity contribution in [3.63, 3.8) is 0 Å². The number of hydrogen-bond donors (Lipinski definition) is 2. The first-order chi connectivity index (χ1) is 13.6. The van der Waals surface area contributed by atoms with Gasteiger partial charge in [-0.05, 0) is 38.4 Å². The summed E-state index contributed by atoms with van der Waals surface area (Å²) in [5.41, 5.74) is 0.870. The lowest BCUT2D eigenvalue weighted by Crippen LogP contribution is -2.40. The van der Waals surface area contributed by atoms with Crippen molar-refractivity contribution < 1.29 is 19.0 Å². The number of amides is 1. The summed E-state index contributed by atoms with van der Waals surface area (Å²) < 4.78 is 18.1. The van der Waals surface area contributed by atoms with Crippen LogP contribution in [0, 0.1) is 5.92 Å². The van der Waals surface area contributed by atoms with Gasteiger partial charge in [0.25, 0.3) is 0 Å². The zero-order valence-corrected chi connectivity index (χ0v) is 18.0. The summed E-state index contributed by atoms with van der Waals surface area (Å²) >= 11 is 0. The van der Waals surface area contributed by atoms with Gasteiger partial charge < -0.3 is 24.8 Å². The predicted molar refractivity (Wildman–Crippen MR) is 113 cm³/mol. The number of anilines is 1. The molecule has 2 N–H and O–H groups in total. The molecule has 1 saturated heterocycles. The minimum Gasteiger partial charge on any atom is -0.493 e. The van der Waals surface area contributed by atoms with Crippen molar-refractivity contribution >= 4 is 24.1 Å². The minimum atomic E-state index is 0. The van der Waals surface area contributed by atoms with Crippen LogP contribution in [0.5, 0.6) is 17.2 Å². The molecule has 1 aromatic heterocycles. The molecule has 160 valence electrons. The molecular formula is C20H29ClN4O4. The van der Waals surface area contributed by atoms with Gasteiger partial charge in [0.05, 0.1) is 34.1 Å². The van der Waals surface area contributed by atoms with Crippen molar-refractivity contribution in [1.82, 2.24) is 15.1 Å². The highest BCUT2D eigenvalue weighted by atomic mass is 35.5. The van der Waals surface area contributed by atoms with Crippen LogP contribution in [0.25, 0.3) is 0 Å².